The van der Waals surface area contributed by atoms with E-state index in [-0.39, 0.29) is 12.1 Å². The highest BCUT2D eigenvalue weighted by Gasteiger charge is 2.29. The molecule has 3 rings (SSSR count). The van der Waals surface area contributed by atoms with Crippen LogP contribution in [0, 0.1) is 5.92 Å². The Morgan fingerprint density at radius 2 is 2.26 bits per heavy atom. The molecule has 1 aromatic heterocycles. The van der Waals surface area contributed by atoms with E-state index in [1.165, 1.54) is 0 Å². The largest absolute Gasteiger partial charge is 0.391 e. The molecule has 2 aromatic rings. The molecule has 6 nitrogen and oxygen atoms in total. The molecule has 1 saturated carbocycles. The Hall–Kier alpha value is -2.34. The molecule has 1 aliphatic rings. The maximum absolute atomic E-state index is 11.9. The van der Waals surface area contributed by atoms with Crippen LogP contribution >= 0.6 is 0 Å². The van der Waals surface area contributed by atoms with E-state index >= 15 is 0 Å². The standard InChI is InChI=1S/C17H22N4O2/c1-12(20-17(23)18-11-16(22)13-6-7-13)14-4-2-5-15(10-14)21-9-3-8-19-21/h2-5,8-10,12-13,16,22H,6-7,11H2,1H3,(H2,18,20,23)/t12-,16+/m0/s1. The summed E-state index contributed by atoms with van der Waals surface area (Å²) in [5.74, 6) is 0.360. The van der Waals surface area contributed by atoms with Gasteiger partial charge < -0.3 is 15.7 Å². The van der Waals surface area contributed by atoms with E-state index in [1.807, 2.05) is 43.5 Å². The molecule has 1 fully saturated rings. The minimum atomic E-state index is -0.431. The molecular weight excluding hydrogens is 292 g/mol. The van der Waals surface area contributed by atoms with Crippen LogP contribution in [0.25, 0.3) is 5.69 Å². The molecule has 2 amide bonds. The normalized spacial score (nSPS) is 16.6. The van der Waals surface area contributed by atoms with Crippen LogP contribution in [0.2, 0.25) is 0 Å². The maximum atomic E-state index is 11.9. The second-order valence-electron chi connectivity index (χ2n) is 6.03. The van der Waals surface area contributed by atoms with Crippen LogP contribution in [0.15, 0.2) is 42.7 Å². The molecule has 3 N–H and O–H groups in total. The first-order valence-corrected chi connectivity index (χ1v) is 7.96. The van der Waals surface area contributed by atoms with Crippen molar-refractivity contribution >= 4 is 6.03 Å². The Morgan fingerprint density at radius 3 is 2.96 bits per heavy atom. The molecule has 2 atom stereocenters. The van der Waals surface area contributed by atoms with E-state index in [2.05, 4.69) is 15.7 Å². The van der Waals surface area contributed by atoms with E-state index in [1.54, 1.807) is 10.9 Å². The average molecular weight is 314 g/mol. The van der Waals surface area contributed by atoms with Gasteiger partial charge in [-0.3, -0.25) is 0 Å². The lowest BCUT2D eigenvalue weighted by atomic mass is 10.1. The first-order valence-electron chi connectivity index (χ1n) is 7.96. The number of carbonyl (C=O) groups excluding carboxylic acids is 1. The number of hydrogen-bond acceptors (Lipinski definition) is 3. The zero-order valence-corrected chi connectivity index (χ0v) is 13.1. The third kappa shape index (κ3) is 4.10. The fourth-order valence-electron chi connectivity index (χ4n) is 2.53. The van der Waals surface area contributed by atoms with E-state index in [0.29, 0.717) is 12.5 Å². The van der Waals surface area contributed by atoms with Crippen molar-refractivity contribution in [1.82, 2.24) is 20.4 Å². The summed E-state index contributed by atoms with van der Waals surface area (Å²) in [5, 5.41) is 19.6. The monoisotopic (exact) mass is 314 g/mol. The number of nitrogens with one attached hydrogen (secondary N) is 2. The second kappa shape index (κ2) is 6.83. The smallest absolute Gasteiger partial charge is 0.315 e. The number of amides is 2. The number of hydrogen-bond donors (Lipinski definition) is 3. The molecule has 0 bridgehead atoms. The van der Waals surface area contributed by atoms with E-state index in [0.717, 1.165) is 24.1 Å². The van der Waals surface area contributed by atoms with Gasteiger partial charge in [0.25, 0.3) is 0 Å². The van der Waals surface area contributed by atoms with Crippen molar-refractivity contribution in [3.05, 3.63) is 48.3 Å². The molecule has 23 heavy (non-hydrogen) atoms. The minimum absolute atomic E-state index is 0.136. The lowest BCUT2D eigenvalue weighted by Gasteiger charge is -2.17. The van der Waals surface area contributed by atoms with Gasteiger partial charge in [0, 0.05) is 18.9 Å². The summed E-state index contributed by atoms with van der Waals surface area (Å²) in [7, 11) is 0. The SMILES string of the molecule is C[C@H](NC(=O)NC[C@@H](O)C1CC1)c1cccc(-n2cccn2)c1. The number of aromatic nitrogens is 2. The summed E-state index contributed by atoms with van der Waals surface area (Å²) in [4.78, 5) is 11.9. The van der Waals surface area contributed by atoms with Gasteiger partial charge in [-0.15, -0.1) is 0 Å². The highest BCUT2D eigenvalue weighted by atomic mass is 16.3. The van der Waals surface area contributed by atoms with Crippen molar-refractivity contribution < 1.29 is 9.90 Å². The summed E-state index contributed by atoms with van der Waals surface area (Å²) in [6, 6.07) is 9.35. The number of benzene rings is 1. The molecule has 0 saturated heterocycles. The van der Waals surface area contributed by atoms with Crippen LogP contribution in [-0.2, 0) is 0 Å². The highest BCUT2D eigenvalue weighted by molar-refractivity contribution is 5.74. The van der Waals surface area contributed by atoms with Gasteiger partial charge in [0.05, 0.1) is 17.8 Å². The van der Waals surface area contributed by atoms with Gasteiger partial charge in [-0.1, -0.05) is 12.1 Å². The Morgan fingerprint density at radius 1 is 1.43 bits per heavy atom. The topological polar surface area (TPSA) is 79.2 Å². The number of carbonyl (C=O) groups is 1. The number of rotatable bonds is 6. The lowest BCUT2D eigenvalue weighted by Crippen LogP contribution is -2.41. The van der Waals surface area contributed by atoms with Crippen molar-refractivity contribution in [1.29, 1.82) is 0 Å². The van der Waals surface area contributed by atoms with Crippen molar-refractivity contribution in [3.8, 4) is 5.69 Å². The quantitative estimate of drug-likeness (QED) is 0.763. The number of nitrogens with zero attached hydrogens (tertiary/aromatic N) is 2. The summed E-state index contributed by atoms with van der Waals surface area (Å²) >= 11 is 0. The fraction of sp³-hybridized carbons (Fsp3) is 0.412. The Balaban J connectivity index is 1.56. The van der Waals surface area contributed by atoms with Crippen LogP contribution in [0.4, 0.5) is 4.79 Å². The third-order valence-electron chi connectivity index (χ3n) is 4.12. The third-order valence-corrected chi connectivity index (χ3v) is 4.12. The molecule has 0 unspecified atom stereocenters. The van der Waals surface area contributed by atoms with Gasteiger partial charge >= 0.3 is 6.03 Å². The number of urea groups is 1. The second-order valence-corrected chi connectivity index (χ2v) is 6.03. The summed E-state index contributed by atoms with van der Waals surface area (Å²) in [6.07, 6.45) is 5.29. The Labute approximate surface area is 135 Å². The van der Waals surface area contributed by atoms with E-state index in [9.17, 15) is 9.90 Å². The van der Waals surface area contributed by atoms with Crippen molar-refractivity contribution in [2.75, 3.05) is 6.54 Å². The lowest BCUT2D eigenvalue weighted by molar-refractivity contribution is 0.149. The Bertz CT molecular complexity index is 652. The van der Waals surface area contributed by atoms with Gasteiger partial charge in [0.15, 0.2) is 0 Å². The molecule has 1 heterocycles. The number of aliphatic hydroxyl groups is 1. The van der Waals surface area contributed by atoms with Gasteiger partial charge in [-0.25, -0.2) is 9.48 Å². The molecule has 1 aliphatic carbocycles. The van der Waals surface area contributed by atoms with Crippen LogP contribution in [0.5, 0.6) is 0 Å². The summed E-state index contributed by atoms with van der Waals surface area (Å²) in [6.45, 7) is 2.23. The van der Waals surface area contributed by atoms with Crippen LogP contribution in [-0.4, -0.2) is 33.6 Å². The molecule has 0 spiro atoms. The molecule has 0 radical (unpaired) electrons. The van der Waals surface area contributed by atoms with Crippen molar-refractivity contribution in [2.45, 2.75) is 31.9 Å². The minimum Gasteiger partial charge on any atom is -0.391 e. The van der Waals surface area contributed by atoms with Crippen LogP contribution in [0.3, 0.4) is 0 Å². The van der Waals surface area contributed by atoms with E-state index < -0.39 is 6.10 Å². The fourth-order valence-corrected chi connectivity index (χ4v) is 2.53. The predicted molar refractivity (Wildman–Crippen MR) is 87.2 cm³/mol. The first kappa shape index (κ1) is 15.6. The molecule has 0 aliphatic heterocycles. The average Bonchev–Trinajstić information content (AvgIpc) is 3.27. The highest BCUT2D eigenvalue weighted by Crippen LogP contribution is 2.32. The van der Waals surface area contributed by atoms with Crippen molar-refractivity contribution in [2.24, 2.45) is 5.92 Å². The molecule has 1 aromatic carbocycles. The van der Waals surface area contributed by atoms with Gasteiger partial charge in [0.1, 0.15) is 0 Å². The molecule has 122 valence electrons. The molecular formula is C17H22N4O2. The summed E-state index contributed by atoms with van der Waals surface area (Å²) in [5.41, 5.74) is 1.95. The Kier molecular flexibility index (Phi) is 4.62. The summed E-state index contributed by atoms with van der Waals surface area (Å²) < 4.78 is 1.78. The van der Waals surface area contributed by atoms with Gasteiger partial charge in [-0.2, -0.15) is 5.10 Å². The molecule has 6 heteroatoms. The number of aliphatic hydroxyl groups excluding tert-OH is 1. The van der Waals surface area contributed by atoms with Crippen LogP contribution < -0.4 is 10.6 Å². The van der Waals surface area contributed by atoms with Crippen molar-refractivity contribution in [3.63, 3.8) is 0 Å². The zero-order valence-electron chi connectivity index (χ0n) is 13.1. The van der Waals surface area contributed by atoms with Crippen LogP contribution in [0.1, 0.15) is 31.4 Å². The predicted octanol–water partition coefficient (Wildman–Crippen LogP) is 2.00. The maximum Gasteiger partial charge on any atom is 0.315 e. The van der Waals surface area contributed by atoms with E-state index in [4.69, 9.17) is 0 Å². The zero-order chi connectivity index (χ0) is 16.2. The first-order chi connectivity index (χ1) is 11.1. The van der Waals surface area contributed by atoms with Gasteiger partial charge in [0.2, 0.25) is 0 Å². The van der Waals surface area contributed by atoms with Gasteiger partial charge in [-0.05, 0) is 49.4 Å².